The Morgan fingerprint density at radius 3 is 2.68 bits per heavy atom. The van der Waals surface area contributed by atoms with Gasteiger partial charge in [0.2, 0.25) is 0 Å². The molecule has 0 aromatic heterocycles. The van der Waals surface area contributed by atoms with Gasteiger partial charge in [-0.1, -0.05) is 18.2 Å². The van der Waals surface area contributed by atoms with Crippen molar-refractivity contribution >= 4 is 40.5 Å². The van der Waals surface area contributed by atoms with E-state index < -0.39 is 17.1 Å². The summed E-state index contributed by atoms with van der Waals surface area (Å²) in [6.45, 7) is 0.913. The molecule has 2 aromatic carbocycles. The lowest BCUT2D eigenvalue weighted by atomic mass is 9.99. The van der Waals surface area contributed by atoms with Crippen molar-refractivity contribution in [2.45, 2.75) is 20.8 Å². The molecular weight excluding hydrogens is 456 g/mol. The first kappa shape index (κ1) is 25.6. The van der Waals surface area contributed by atoms with Crippen LogP contribution in [0.4, 0.5) is 0 Å². The van der Waals surface area contributed by atoms with Gasteiger partial charge < -0.3 is 22.3 Å². The fourth-order valence-corrected chi connectivity index (χ4v) is 5.40. The van der Waals surface area contributed by atoms with E-state index in [4.69, 9.17) is 28.2 Å². The highest BCUT2D eigenvalue weighted by atomic mass is 32.2. The van der Waals surface area contributed by atoms with Crippen LogP contribution in [0.3, 0.4) is 0 Å². The summed E-state index contributed by atoms with van der Waals surface area (Å²) < 4.78 is 15.6. The van der Waals surface area contributed by atoms with Gasteiger partial charge in [-0.15, -0.1) is 16.9 Å². The molecule has 0 saturated heterocycles. The molecule has 13 N–H and O–H groups in total. The lowest BCUT2D eigenvalue weighted by Crippen LogP contribution is -2.27. The minimum absolute atomic E-state index is 0.0970. The Balaban J connectivity index is 2.57. The Hall–Kier alpha value is -1.68. The van der Waals surface area contributed by atoms with Crippen molar-refractivity contribution in [2.75, 3.05) is 25.4 Å². The van der Waals surface area contributed by atoms with Crippen LogP contribution in [0.5, 0.6) is 0 Å². The minimum atomic E-state index is -1.54. The summed E-state index contributed by atoms with van der Waals surface area (Å²) in [5.74, 6) is 5.91. The summed E-state index contributed by atoms with van der Waals surface area (Å²) in [5.41, 5.74) is 21.5. The van der Waals surface area contributed by atoms with E-state index in [1.807, 2.05) is 30.3 Å². The summed E-state index contributed by atoms with van der Waals surface area (Å²) in [4.78, 5) is 1.92. The molecule has 0 amide bonds. The van der Waals surface area contributed by atoms with Crippen LogP contribution >= 0.6 is 23.7 Å². The number of nitrogens with one attached hydrogen (secondary N) is 2. The lowest BCUT2D eigenvalue weighted by molar-refractivity contribution is 0.208. The molecule has 0 saturated carbocycles. The molecule has 0 fully saturated rings. The standard InChI is InChI=1S/C18H28N8O2S3/c19-6-7-24-31(28)15-5-4-14(16(17(15)30-23)18(21)25-26-22)11-2-1-3-13(8-11)29-10-12(27)9-20/h1-5,8,12,24,26-27H,6-7,9-10,19-20,22-23H2,(H2,21,25). The van der Waals surface area contributed by atoms with Crippen LogP contribution in [0.25, 0.3) is 11.1 Å². The second-order valence-electron chi connectivity index (χ2n) is 6.24. The van der Waals surface area contributed by atoms with Crippen LogP contribution < -0.4 is 38.4 Å². The van der Waals surface area contributed by atoms with Gasteiger partial charge in [0.25, 0.3) is 0 Å². The predicted molar refractivity (Wildman–Crippen MR) is 129 cm³/mol. The average molecular weight is 485 g/mol. The Kier molecular flexibility index (Phi) is 10.7. The molecule has 10 nitrogen and oxygen atoms in total. The number of hydrogen-bond donors (Lipinski definition) is 8. The molecule has 2 unspecified atom stereocenters. The van der Waals surface area contributed by atoms with Crippen molar-refractivity contribution in [1.29, 1.82) is 0 Å². The highest BCUT2D eigenvalue weighted by molar-refractivity contribution is 7.99. The summed E-state index contributed by atoms with van der Waals surface area (Å²) >= 11 is 2.41. The van der Waals surface area contributed by atoms with Crippen LogP contribution in [-0.2, 0) is 11.0 Å². The Morgan fingerprint density at radius 2 is 2.03 bits per heavy atom. The highest BCUT2D eigenvalue weighted by Crippen LogP contribution is 2.35. The molecule has 2 atom stereocenters. The third-order valence-corrected chi connectivity index (χ3v) is 7.25. The van der Waals surface area contributed by atoms with Crippen LogP contribution in [0.1, 0.15) is 5.56 Å². The number of nitrogens with two attached hydrogens (primary N) is 5. The van der Waals surface area contributed by atoms with E-state index >= 15 is 0 Å². The summed E-state index contributed by atoms with van der Waals surface area (Å²) in [7, 11) is -1.54. The SMILES string of the molecule is NCCNS(=O)c1ccc(-c2cccc(SCC(O)CN)c2)c(/C(N)=N/NN)c1SN. The first-order valence-electron chi connectivity index (χ1n) is 9.26. The quantitative estimate of drug-likeness (QED) is 0.0479. The largest absolute Gasteiger partial charge is 0.391 e. The van der Waals surface area contributed by atoms with E-state index in [2.05, 4.69) is 15.4 Å². The van der Waals surface area contributed by atoms with Gasteiger partial charge >= 0.3 is 0 Å². The van der Waals surface area contributed by atoms with Gasteiger partial charge in [-0.05, 0) is 41.3 Å². The number of aliphatic hydroxyl groups is 1. The Morgan fingerprint density at radius 1 is 1.26 bits per heavy atom. The molecule has 0 bridgehead atoms. The average Bonchev–Trinajstić information content (AvgIpc) is 2.80. The maximum Gasteiger partial charge on any atom is 0.153 e. The molecule has 0 radical (unpaired) electrons. The van der Waals surface area contributed by atoms with Gasteiger partial charge in [-0.3, -0.25) is 5.14 Å². The third-order valence-electron chi connectivity index (χ3n) is 4.12. The van der Waals surface area contributed by atoms with Crippen LogP contribution in [0, 0.1) is 0 Å². The number of hydrazine groups is 1. The van der Waals surface area contributed by atoms with Crippen LogP contribution in [-0.4, -0.2) is 46.6 Å². The Bertz CT molecular complexity index is 929. The van der Waals surface area contributed by atoms with E-state index in [-0.39, 0.29) is 12.4 Å². The van der Waals surface area contributed by atoms with Crippen molar-refractivity contribution in [1.82, 2.24) is 10.3 Å². The summed E-state index contributed by atoms with van der Waals surface area (Å²) in [5, 5.41) is 19.6. The van der Waals surface area contributed by atoms with Gasteiger partial charge in [0.05, 0.1) is 15.9 Å². The number of nitrogens with zero attached hydrogens (tertiary/aromatic N) is 1. The predicted octanol–water partition coefficient (Wildman–Crippen LogP) is -0.614. The van der Waals surface area contributed by atoms with Crippen LogP contribution in [0.15, 0.2) is 56.2 Å². The number of hydrazone groups is 1. The normalized spacial score (nSPS) is 13.8. The number of hydrogen-bond acceptors (Lipinski definition) is 10. The monoisotopic (exact) mass is 484 g/mol. The molecule has 170 valence electrons. The number of amidine groups is 1. The third kappa shape index (κ3) is 6.90. The van der Waals surface area contributed by atoms with Crippen molar-refractivity contribution in [3.05, 3.63) is 42.0 Å². The van der Waals surface area contributed by atoms with Crippen molar-refractivity contribution in [2.24, 2.45) is 33.3 Å². The zero-order valence-electron chi connectivity index (χ0n) is 16.8. The molecule has 0 aliphatic rings. The smallest absolute Gasteiger partial charge is 0.153 e. The fraction of sp³-hybridized carbons (Fsp3) is 0.278. The molecule has 0 aliphatic carbocycles. The molecule has 2 aromatic rings. The van der Waals surface area contributed by atoms with Gasteiger partial charge in [0.1, 0.15) is 11.0 Å². The zero-order chi connectivity index (χ0) is 22.8. The highest BCUT2D eigenvalue weighted by Gasteiger charge is 2.21. The van der Waals surface area contributed by atoms with Crippen molar-refractivity contribution in [3.8, 4) is 11.1 Å². The molecule has 0 spiro atoms. The number of benzene rings is 2. The first-order valence-corrected chi connectivity index (χ1v) is 12.3. The Labute approximate surface area is 192 Å². The van der Waals surface area contributed by atoms with Crippen LogP contribution in [0.2, 0.25) is 0 Å². The minimum Gasteiger partial charge on any atom is -0.391 e. The molecule has 31 heavy (non-hydrogen) atoms. The first-order chi connectivity index (χ1) is 15.0. The topological polar surface area (TPSA) is 204 Å². The van der Waals surface area contributed by atoms with Gasteiger partial charge in [0.15, 0.2) is 5.84 Å². The van der Waals surface area contributed by atoms with E-state index in [9.17, 15) is 9.32 Å². The number of rotatable bonds is 12. The molecule has 0 heterocycles. The molecular formula is C18H28N8O2S3. The van der Waals surface area contributed by atoms with Crippen molar-refractivity contribution < 1.29 is 9.32 Å². The maximum atomic E-state index is 12.7. The molecule has 0 aliphatic heterocycles. The zero-order valence-corrected chi connectivity index (χ0v) is 19.2. The summed E-state index contributed by atoms with van der Waals surface area (Å²) in [6.07, 6.45) is -0.585. The van der Waals surface area contributed by atoms with E-state index in [0.29, 0.717) is 34.2 Å². The maximum absolute atomic E-state index is 12.7. The fourth-order valence-electron chi connectivity index (χ4n) is 2.69. The second-order valence-corrected chi connectivity index (χ2v) is 9.24. The van der Waals surface area contributed by atoms with E-state index in [0.717, 1.165) is 28.0 Å². The van der Waals surface area contributed by atoms with E-state index in [1.54, 1.807) is 6.07 Å². The number of thioether (sulfide) groups is 1. The van der Waals surface area contributed by atoms with Crippen molar-refractivity contribution in [3.63, 3.8) is 0 Å². The number of aliphatic hydroxyl groups excluding tert-OH is 1. The molecule has 2 rings (SSSR count). The summed E-state index contributed by atoms with van der Waals surface area (Å²) in [6, 6.07) is 11.3. The van der Waals surface area contributed by atoms with Gasteiger partial charge in [-0.25, -0.2) is 20.3 Å². The van der Waals surface area contributed by atoms with E-state index in [1.165, 1.54) is 11.8 Å². The van der Waals surface area contributed by atoms with Gasteiger partial charge in [0, 0.05) is 35.8 Å². The molecule has 13 heteroatoms. The second kappa shape index (κ2) is 13.0. The van der Waals surface area contributed by atoms with Gasteiger partial charge in [-0.2, -0.15) is 0 Å². The lowest BCUT2D eigenvalue weighted by Gasteiger charge is -2.17.